The van der Waals surface area contributed by atoms with E-state index in [0.29, 0.717) is 30.5 Å². The van der Waals surface area contributed by atoms with Crippen LogP contribution in [-0.2, 0) is 14.8 Å². The molecule has 2 aromatic carbocycles. The fourth-order valence-corrected chi connectivity index (χ4v) is 5.33. The van der Waals surface area contributed by atoms with Crippen LogP contribution in [0.25, 0.3) is 11.1 Å². The number of hydrogen-bond acceptors (Lipinski definition) is 4. The lowest BCUT2D eigenvalue weighted by Gasteiger charge is -2.33. The first-order valence-corrected chi connectivity index (χ1v) is 12.3. The molecule has 1 unspecified atom stereocenters. The molecule has 1 heterocycles. The number of aryl methyl sites for hydroxylation is 1. The molecule has 32 heavy (non-hydrogen) atoms. The number of carbonyl (C=O) groups is 2. The minimum absolute atomic E-state index is 0.0868. The molecule has 0 aromatic heterocycles. The van der Waals surface area contributed by atoms with E-state index in [1.54, 1.807) is 31.7 Å². The predicted octanol–water partition coefficient (Wildman–Crippen LogP) is 3.55. The monoisotopic (exact) mass is 460 g/mol. The first-order valence-electron chi connectivity index (χ1n) is 10.8. The molecule has 2 aromatic rings. The van der Waals surface area contributed by atoms with E-state index >= 15 is 0 Å². The molecule has 1 N–H and O–H groups in total. The van der Waals surface area contributed by atoms with Gasteiger partial charge in [-0.15, -0.1) is 0 Å². The van der Waals surface area contributed by atoms with Crippen molar-refractivity contribution in [3.63, 3.8) is 0 Å². The lowest BCUT2D eigenvalue weighted by molar-refractivity contribution is -0.135. The molecule has 0 saturated carbocycles. The maximum Gasteiger partial charge on any atom is 0.225 e. The van der Waals surface area contributed by atoms with Crippen molar-refractivity contribution in [1.29, 1.82) is 0 Å². The van der Waals surface area contributed by atoms with Gasteiger partial charge in [0.1, 0.15) is 5.82 Å². The van der Waals surface area contributed by atoms with E-state index in [1.165, 1.54) is 6.07 Å². The van der Waals surface area contributed by atoms with Crippen LogP contribution in [0, 0.1) is 18.7 Å². The van der Waals surface area contributed by atoms with Crippen molar-refractivity contribution in [2.45, 2.75) is 38.9 Å². The summed E-state index contributed by atoms with van der Waals surface area (Å²) in [5.74, 6) is -1.59. The van der Waals surface area contributed by atoms with Gasteiger partial charge in [0.2, 0.25) is 15.9 Å². The average Bonchev–Trinajstić information content (AvgIpc) is 2.79. The van der Waals surface area contributed by atoms with E-state index in [1.807, 2.05) is 30.3 Å². The Morgan fingerprint density at radius 3 is 2.50 bits per heavy atom. The maximum atomic E-state index is 14.7. The van der Waals surface area contributed by atoms with Crippen LogP contribution in [0.4, 0.5) is 4.39 Å². The molecule has 0 aliphatic carbocycles. The number of rotatable bonds is 7. The fraction of sp³-hybridized carbons (Fsp3) is 0.417. The SMILES string of the molecule is Cc1cc(-c2ccccc2)cc(C(=O)CNS(=O)(=O)C2CCCN(C(=O)C(C)C)C2)c1F. The summed E-state index contributed by atoms with van der Waals surface area (Å²) >= 11 is 0. The van der Waals surface area contributed by atoms with Crippen LogP contribution in [0.5, 0.6) is 0 Å². The smallest absolute Gasteiger partial charge is 0.225 e. The van der Waals surface area contributed by atoms with Crippen molar-refractivity contribution in [2.24, 2.45) is 5.92 Å². The Morgan fingerprint density at radius 2 is 1.84 bits per heavy atom. The first-order chi connectivity index (χ1) is 15.1. The van der Waals surface area contributed by atoms with Crippen molar-refractivity contribution >= 4 is 21.7 Å². The number of benzene rings is 2. The molecule has 1 amide bonds. The Bertz CT molecular complexity index is 1100. The first kappa shape index (κ1) is 24.1. The third-order valence-electron chi connectivity index (χ3n) is 5.72. The second-order valence-corrected chi connectivity index (χ2v) is 10.6. The van der Waals surface area contributed by atoms with Gasteiger partial charge in [0.25, 0.3) is 0 Å². The molecule has 172 valence electrons. The highest BCUT2D eigenvalue weighted by Gasteiger charge is 2.33. The molecular weight excluding hydrogens is 431 g/mol. The summed E-state index contributed by atoms with van der Waals surface area (Å²) in [6.07, 6.45) is 0.979. The number of likely N-dealkylation sites (tertiary alicyclic amines) is 1. The van der Waals surface area contributed by atoms with Gasteiger partial charge >= 0.3 is 0 Å². The molecule has 1 saturated heterocycles. The van der Waals surface area contributed by atoms with E-state index in [2.05, 4.69) is 4.72 Å². The van der Waals surface area contributed by atoms with Crippen LogP contribution in [-0.4, -0.2) is 49.9 Å². The minimum Gasteiger partial charge on any atom is -0.341 e. The number of sulfonamides is 1. The number of hydrogen-bond donors (Lipinski definition) is 1. The van der Waals surface area contributed by atoms with E-state index in [4.69, 9.17) is 0 Å². The lowest BCUT2D eigenvalue weighted by atomic mass is 9.98. The van der Waals surface area contributed by atoms with Gasteiger partial charge in [-0.05, 0) is 48.6 Å². The number of nitrogens with one attached hydrogen (secondary N) is 1. The van der Waals surface area contributed by atoms with Crippen molar-refractivity contribution in [1.82, 2.24) is 9.62 Å². The van der Waals surface area contributed by atoms with Gasteiger partial charge in [-0.3, -0.25) is 9.59 Å². The highest BCUT2D eigenvalue weighted by Crippen LogP contribution is 2.25. The summed E-state index contributed by atoms with van der Waals surface area (Å²) < 4.78 is 42.6. The minimum atomic E-state index is -3.85. The van der Waals surface area contributed by atoms with Gasteiger partial charge in [0.05, 0.1) is 17.4 Å². The Morgan fingerprint density at radius 1 is 1.16 bits per heavy atom. The van der Waals surface area contributed by atoms with Gasteiger partial charge in [0.15, 0.2) is 5.78 Å². The highest BCUT2D eigenvalue weighted by atomic mass is 32.2. The zero-order valence-corrected chi connectivity index (χ0v) is 19.4. The molecule has 1 atom stereocenters. The standard InChI is InChI=1S/C24H29FN2O4S/c1-16(2)24(29)27-11-7-10-20(15-27)32(30,31)26-14-22(28)21-13-19(12-17(3)23(21)25)18-8-5-4-6-9-18/h4-6,8-9,12-13,16,20,26H,7,10-11,14-15H2,1-3H3. The average molecular weight is 461 g/mol. The van der Waals surface area contributed by atoms with Gasteiger partial charge in [-0.25, -0.2) is 17.5 Å². The zero-order chi connectivity index (χ0) is 23.5. The highest BCUT2D eigenvalue weighted by molar-refractivity contribution is 7.90. The van der Waals surface area contributed by atoms with E-state index in [9.17, 15) is 22.4 Å². The number of nitrogens with zero attached hydrogens (tertiary/aromatic N) is 1. The molecule has 1 fully saturated rings. The molecule has 0 spiro atoms. The fourth-order valence-electron chi connectivity index (χ4n) is 3.91. The predicted molar refractivity (Wildman–Crippen MR) is 122 cm³/mol. The van der Waals surface area contributed by atoms with E-state index < -0.39 is 33.4 Å². The molecule has 0 radical (unpaired) electrons. The van der Waals surface area contributed by atoms with Gasteiger partial charge < -0.3 is 4.90 Å². The van der Waals surface area contributed by atoms with Crippen molar-refractivity contribution in [3.05, 3.63) is 59.4 Å². The molecule has 6 nitrogen and oxygen atoms in total. The number of carbonyl (C=O) groups excluding carboxylic acids is 2. The van der Waals surface area contributed by atoms with Crippen LogP contribution in [0.15, 0.2) is 42.5 Å². The number of ketones is 1. The molecule has 1 aliphatic heterocycles. The van der Waals surface area contributed by atoms with Crippen LogP contribution in [0.3, 0.4) is 0 Å². The Hall–Kier alpha value is -2.58. The summed E-state index contributed by atoms with van der Waals surface area (Å²) in [6, 6.07) is 12.4. The van der Waals surface area contributed by atoms with Crippen molar-refractivity contribution < 1.29 is 22.4 Å². The van der Waals surface area contributed by atoms with Crippen LogP contribution in [0.2, 0.25) is 0 Å². The lowest BCUT2D eigenvalue weighted by Crippen LogP contribution is -2.50. The molecule has 1 aliphatic rings. The van der Waals surface area contributed by atoms with Crippen molar-refractivity contribution in [3.8, 4) is 11.1 Å². The van der Waals surface area contributed by atoms with Crippen LogP contribution >= 0.6 is 0 Å². The van der Waals surface area contributed by atoms with Gasteiger partial charge in [-0.1, -0.05) is 44.2 Å². The van der Waals surface area contributed by atoms with Crippen LogP contribution < -0.4 is 4.72 Å². The summed E-state index contributed by atoms with van der Waals surface area (Å²) in [4.78, 5) is 26.6. The quantitative estimate of drug-likeness (QED) is 0.641. The summed E-state index contributed by atoms with van der Waals surface area (Å²) in [6.45, 7) is 5.21. The van der Waals surface area contributed by atoms with E-state index in [-0.39, 0.29) is 23.9 Å². The van der Waals surface area contributed by atoms with Crippen LogP contribution in [0.1, 0.15) is 42.6 Å². The summed E-state index contributed by atoms with van der Waals surface area (Å²) in [7, 11) is -3.85. The molecule has 8 heteroatoms. The Balaban J connectivity index is 1.74. The Kier molecular flexibility index (Phi) is 7.46. The number of Topliss-reactive ketones (excluding diaryl/α,β-unsaturated/α-hetero) is 1. The van der Waals surface area contributed by atoms with Gasteiger partial charge in [-0.2, -0.15) is 0 Å². The second kappa shape index (κ2) is 9.92. The number of halogens is 1. The van der Waals surface area contributed by atoms with E-state index in [0.717, 1.165) is 5.56 Å². The largest absolute Gasteiger partial charge is 0.341 e. The second-order valence-electron chi connectivity index (χ2n) is 8.51. The molecule has 0 bridgehead atoms. The molecular formula is C24H29FN2O4S. The van der Waals surface area contributed by atoms with Gasteiger partial charge in [0, 0.05) is 19.0 Å². The third kappa shape index (κ3) is 5.42. The number of amides is 1. The maximum absolute atomic E-state index is 14.7. The topological polar surface area (TPSA) is 83.6 Å². The summed E-state index contributed by atoms with van der Waals surface area (Å²) in [5, 5.41) is -0.797. The zero-order valence-electron chi connectivity index (χ0n) is 18.6. The Labute approximate surface area is 188 Å². The summed E-state index contributed by atoms with van der Waals surface area (Å²) in [5.41, 5.74) is 1.69. The van der Waals surface area contributed by atoms with Crippen molar-refractivity contribution in [2.75, 3.05) is 19.6 Å². The normalized spacial score (nSPS) is 16.9. The third-order valence-corrected chi connectivity index (χ3v) is 7.53. The number of piperidine rings is 1. The molecule has 3 rings (SSSR count).